The van der Waals surface area contributed by atoms with Crippen LogP contribution in [0.3, 0.4) is 0 Å². The van der Waals surface area contributed by atoms with Crippen LogP contribution in [-0.2, 0) is 4.79 Å². The molecule has 1 rings (SSSR count). The number of nitrogens with one attached hydrogen (secondary N) is 1. The van der Waals surface area contributed by atoms with Crippen molar-refractivity contribution in [2.45, 2.75) is 19.3 Å². The van der Waals surface area contributed by atoms with Crippen molar-refractivity contribution in [1.82, 2.24) is 10.3 Å². The lowest BCUT2D eigenvalue weighted by molar-refractivity contribution is -0.118. The van der Waals surface area contributed by atoms with Crippen molar-refractivity contribution < 1.29 is 9.59 Å². The molecular formula is C14H18N4O2. The van der Waals surface area contributed by atoms with Gasteiger partial charge in [-0.15, -0.1) is 0 Å². The van der Waals surface area contributed by atoms with Gasteiger partial charge in [0.05, 0.1) is 12.1 Å². The summed E-state index contributed by atoms with van der Waals surface area (Å²) in [5.41, 5.74) is 11.4. The Bertz CT molecular complexity index is 531. The Morgan fingerprint density at radius 1 is 1.30 bits per heavy atom. The number of carbonyl (C=O) groups excluding carboxylic acids is 2. The lowest BCUT2D eigenvalue weighted by Crippen LogP contribution is -2.25. The minimum Gasteiger partial charge on any atom is -0.370 e. The molecule has 6 heteroatoms. The average Bonchev–Trinajstić information content (AvgIpc) is 2.44. The van der Waals surface area contributed by atoms with Crippen LogP contribution in [0.2, 0.25) is 0 Å². The molecule has 0 aromatic carbocycles. The van der Waals surface area contributed by atoms with Gasteiger partial charge >= 0.3 is 0 Å². The molecule has 0 unspecified atom stereocenters. The maximum absolute atomic E-state index is 11.9. The molecule has 20 heavy (non-hydrogen) atoms. The standard InChI is InChI=1S/C14H18N4O2/c15-6-3-4-11-8-12(10-17-9-11)14(20)18-7-2-1-5-13(16)19/h8-10H,1-2,5-7,15H2,(H2,16,19)(H,18,20). The zero-order valence-electron chi connectivity index (χ0n) is 11.2. The molecule has 0 fully saturated rings. The molecule has 0 aliphatic heterocycles. The summed E-state index contributed by atoms with van der Waals surface area (Å²) in [4.78, 5) is 26.4. The van der Waals surface area contributed by atoms with Crippen LogP contribution in [0.1, 0.15) is 35.2 Å². The first-order chi connectivity index (χ1) is 9.63. The zero-order valence-corrected chi connectivity index (χ0v) is 11.2. The third kappa shape index (κ3) is 5.98. The molecule has 0 bridgehead atoms. The van der Waals surface area contributed by atoms with Gasteiger partial charge in [0.2, 0.25) is 5.91 Å². The van der Waals surface area contributed by atoms with Gasteiger partial charge in [-0.05, 0) is 18.9 Å². The number of aromatic nitrogens is 1. The average molecular weight is 274 g/mol. The monoisotopic (exact) mass is 274 g/mol. The fourth-order valence-corrected chi connectivity index (χ4v) is 1.51. The van der Waals surface area contributed by atoms with Gasteiger partial charge < -0.3 is 16.8 Å². The zero-order chi connectivity index (χ0) is 14.8. The van der Waals surface area contributed by atoms with Crippen LogP contribution in [-0.4, -0.2) is 29.9 Å². The van der Waals surface area contributed by atoms with Crippen LogP contribution in [0.25, 0.3) is 0 Å². The fraction of sp³-hybridized carbons (Fsp3) is 0.357. The quantitative estimate of drug-likeness (QED) is 0.491. The number of carbonyl (C=O) groups is 2. The number of primary amides is 1. The summed E-state index contributed by atoms with van der Waals surface area (Å²) in [7, 11) is 0. The summed E-state index contributed by atoms with van der Waals surface area (Å²) >= 11 is 0. The summed E-state index contributed by atoms with van der Waals surface area (Å²) in [5.74, 6) is 4.98. The smallest absolute Gasteiger partial charge is 0.252 e. The minimum absolute atomic E-state index is 0.215. The van der Waals surface area contributed by atoms with Crippen LogP contribution in [0, 0.1) is 11.8 Å². The molecule has 1 aromatic rings. The van der Waals surface area contributed by atoms with Crippen molar-refractivity contribution in [3.8, 4) is 11.8 Å². The highest BCUT2D eigenvalue weighted by molar-refractivity contribution is 5.94. The van der Waals surface area contributed by atoms with Gasteiger partial charge in [0.15, 0.2) is 0 Å². The Balaban J connectivity index is 2.45. The lowest BCUT2D eigenvalue weighted by Gasteiger charge is -2.04. The molecule has 5 N–H and O–H groups in total. The molecule has 0 saturated carbocycles. The van der Waals surface area contributed by atoms with Gasteiger partial charge in [-0.3, -0.25) is 14.6 Å². The molecule has 0 atom stereocenters. The van der Waals surface area contributed by atoms with Crippen LogP contribution in [0.4, 0.5) is 0 Å². The van der Waals surface area contributed by atoms with E-state index in [-0.39, 0.29) is 18.4 Å². The number of unbranched alkanes of at least 4 members (excludes halogenated alkanes) is 1. The largest absolute Gasteiger partial charge is 0.370 e. The maximum atomic E-state index is 11.9. The minimum atomic E-state index is -0.327. The number of rotatable bonds is 6. The molecule has 106 valence electrons. The Labute approximate surface area is 117 Å². The molecule has 2 amide bonds. The number of amides is 2. The van der Waals surface area contributed by atoms with Crippen LogP contribution >= 0.6 is 0 Å². The summed E-state index contributed by atoms with van der Waals surface area (Å²) in [5, 5.41) is 2.75. The Hall–Kier alpha value is -2.39. The van der Waals surface area contributed by atoms with Crippen molar-refractivity contribution in [1.29, 1.82) is 0 Å². The van der Waals surface area contributed by atoms with E-state index in [1.807, 2.05) is 0 Å². The van der Waals surface area contributed by atoms with E-state index in [1.165, 1.54) is 6.20 Å². The van der Waals surface area contributed by atoms with E-state index in [2.05, 4.69) is 22.1 Å². The van der Waals surface area contributed by atoms with Gasteiger partial charge in [-0.1, -0.05) is 11.8 Å². The highest BCUT2D eigenvalue weighted by Gasteiger charge is 2.05. The number of nitrogens with zero attached hydrogens (tertiary/aromatic N) is 1. The molecule has 6 nitrogen and oxygen atoms in total. The number of pyridine rings is 1. The number of nitrogens with two attached hydrogens (primary N) is 2. The van der Waals surface area contributed by atoms with Crippen molar-refractivity contribution in [2.24, 2.45) is 11.5 Å². The van der Waals surface area contributed by atoms with Crippen molar-refractivity contribution in [3.63, 3.8) is 0 Å². The number of hydrogen-bond acceptors (Lipinski definition) is 4. The molecule has 0 saturated heterocycles. The highest BCUT2D eigenvalue weighted by Crippen LogP contribution is 2.02. The van der Waals surface area contributed by atoms with Crippen molar-refractivity contribution >= 4 is 11.8 Å². The molecule has 0 aliphatic carbocycles. The van der Waals surface area contributed by atoms with E-state index >= 15 is 0 Å². The predicted molar refractivity (Wildman–Crippen MR) is 75.5 cm³/mol. The lowest BCUT2D eigenvalue weighted by atomic mass is 10.2. The molecule has 1 aromatic heterocycles. The fourth-order valence-electron chi connectivity index (χ4n) is 1.51. The van der Waals surface area contributed by atoms with E-state index < -0.39 is 0 Å². The van der Waals surface area contributed by atoms with E-state index in [4.69, 9.17) is 11.5 Å². The molecular weight excluding hydrogens is 256 g/mol. The molecule has 0 aliphatic rings. The summed E-state index contributed by atoms with van der Waals surface area (Å²) in [6.07, 6.45) is 4.75. The number of hydrogen-bond donors (Lipinski definition) is 3. The first kappa shape index (κ1) is 15.7. The Morgan fingerprint density at radius 3 is 2.80 bits per heavy atom. The van der Waals surface area contributed by atoms with Gasteiger partial charge in [0.1, 0.15) is 0 Å². The second kappa shape index (κ2) is 8.67. The Morgan fingerprint density at radius 2 is 2.10 bits per heavy atom. The van der Waals surface area contributed by atoms with Gasteiger partial charge in [0, 0.05) is 30.9 Å². The second-order valence-corrected chi connectivity index (χ2v) is 4.15. The van der Waals surface area contributed by atoms with Gasteiger partial charge in [0.25, 0.3) is 5.91 Å². The van der Waals surface area contributed by atoms with E-state index in [0.29, 0.717) is 36.9 Å². The third-order valence-corrected chi connectivity index (χ3v) is 2.47. The first-order valence-corrected chi connectivity index (χ1v) is 6.34. The van der Waals surface area contributed by atoms with E-state index in [9.17, 15) is 9.59 Å². The molecule has 1 heterocycles. The van der Waals surface area contributed by atoms with Crippen LogP contribution in [0.5, 0.6) is 0 Å². The summed E-state index contributed by atoms with van der Waals surface area (Å²) in [6.45, 7) is 0.751. The summed E-state index contributed by atoms with van der Waals surface area (Å²) < 4.78 is 0. The third-order valence-electron chi connectivity index (χ3n) is 2.47. The highest BCUT2D eigenvalue weighted by atomic mass is 16.2. The second-order valence-electron chi connectivity index (χ2n) is 4.15. The van der Waals surface area contributed by atoms with Crippen molar-refractivity contribution in [2.75, 3.05) is 13.1 Å². The first-order valence-electron chi connectivity index (χ1n) is 6.34. The predicted octanol–water partition coefficient (Wildman–Crippen LogP) is -0.223. The maximum Gasteiger partial charge on any atom is 0.252 e. The van der Waals surface area contributed by atoms with Crippen LogP contribution < -0.4 is 16.8 Å². The molecule has 0 spiro atoms. The summed E-state index contributed by atoms with van der Waals surface area (Å²) in [6, 6.07) is 1.66. The van der Waals surface area contributed by atoms with Gasteiger partial charge in [-0.25, -0.2) is 0 Å². The van der Waals surface area contributed by atoms with Crippen LogP contribution in [0.15, 0.2) is 18.5 Å². The SMILES string of the molecule is NCC#Cc1cncc(C(=O)NCCCCC(N)=O)c1. The van der Waals surface area contributed by atoms with E-state index in [1.54, 1.807) is 12.3 Å². The van der Waals surface area contributed by atoms with Crippen molar-refractivity contribution in [3.05, 3.63) is 29.6 Å². The van der Waals surface area contributed by atoms with E-state index in [0.717, 1.165) is 0 Å². The topological polar surface area (TPSA) is 111 Å². The molecule has 0 radical (unpaired) electrons. The Kier molecular flexibility index (Phi) is 6.79. The van der Waals surface area contributed by atoms with Gasteiger partial charge in [-0.2, -0.15) is 0 Å². The normalized spacial score (nSPS) is 9.45.